The van der Waals surface area contributed by atoms with Gasteiger partial charge in [0.2, 0.25) is 0 Å². The summed E-state index contributed by atoms with van der Waals surface area (Å²) in [5.41, 5.74) is 1.27. The largest absolute Gasteiger partial charge is 0.497 e. The number of hydrogen-bond donors (Lipinski definition) is 1. The lowest BCUT2D eigenvalue weighted by molar-refractivity contribution is 0.0407. The smallest absolute Gasteiger partial charge is 0.118 e. The van der Waals surface area contributed by atoms with Crippen LogP contribution in [-0.2, 0) is 6.54 Å². The number of likely N-dealkylation sites (N-methyl/N-ethyl adjacent to an activating group) is 1. The highest BCUT2D eigenvalue weighted by atomic mass is 16.5. The molecule has 0 amide bonds. The van der Waals surface area contributed by atoms with Crippen molar-refractivity contribution in [3.05, 3.63) is 29.8 Å². The Morgan fingerprint density at radius 3 is 2.40 bits per heavy atom. The van der Waals surface area contributed by atoms with Crippen LogP contribution in [0.3, 0.4) is 0 Å². The van der Waals surface area contributed by atoms with Gasteiger partial charge in [0.25, 0.3) is 0 Å². The summed E-state index contributed by atoms with van der Waals surface area (Å²) < 4.78 is 5.18. The summed E-state index contributed by atoms with van der Waals surface area (Å²) in [6.45, 7) is 0.881. The second-order valence-corrected chi connectivity index (χ2v) is 5.89. The van der Waals surface area contributed by atoms with Gasteiger partial charge in [-0.1, -0.05) is 37.8 Å². The van der Waals surface area contributed by atoms with E-state index < -0.39 is 0 Å². The molecule has 3 heteroatoms. The molecule has 1 aromatic carbocycles. The van der Waals surface area contributed by atoms with E-state index in [1.807, 2.05) is 12.1 Å². The molecule has 0 spiro atoms. The van der Waals surface area contributed by atoms with Gasteiger partial charge in [0.1, 0.15) is 5.75 Å². The van der Waals surface area contributed by atoms with E-state index >= 15 is 0 Å². The molecule has 0 heterocycles. The maximum absolute atomic E-state index is 10.3. The maximum Gasteiger partial charge on any atom is 0.118 e. The minimum absolute atomic E-state index is 0.182. The van der Waals surface area contributed by atoms with Crippen molar-refractivity contribution in [1.29, 1.82) is 0 Å². The fourth-order valence-electron chi connectivity index (χ4n) is 3.10. The van der Waals surface area contributed by atoms with Gasteiger partial charge in [-0.05, 0) is 37.6 Å². The molecule has 0 radical (unpaired) electrons. The Balaban J connectivity index is 1.95. The molecule has 0 aromatic heterocycles. The lowest BCUT2D eigenvalue weighted by Crippen LogP contribution is -2.41. The van der Waals surface area contributed by atoms with E-state index in [1.165, 1.54) is 24.8 Å². The molecule has 2 rings (SSSR count). The van der Waals surface area contributed by atoms with Gasteiger partial charge in [-0.25, -0.2) is 0 Å². The van der Waals surface area contributed by atoms with Crippen LogP contribution in [0.1, 0.15) is 44.1 Å². The molecule has 20 heavy (non-hydrogen) atoms. The molecular weight excluding hydrogens is 250 g/mol. The summed E-state index contributed by atoms with van der Waals surface area (Å²) in [4.78, 5) is 2.30. The summed E-state index contributed by atoms with van der Waals surface area (Å²) in [7, 11) is 3.81. The van der Waals surface area contributed by atoms with E-state index in [0.29, 0.717) is 0 Å². The third kappa shape index (κ3) is 4.22. The Bertz CT molecular complexity index is 390. The normalized spacial score (nSPS) is 24.2. The van der Waals surface area contributed by atoms with Crippen LogP contribution < -0.4 is 4.74 Å². The maximum atomic E-state index is 10.3. The van der Waals surface area contributed by atoms with Gasteiger partial charge in [0.15, 0.2) is 0 Å². The number of methoxy groups -OCH3 is 1. The number of aliphatic hydroxyl groups is 1. The first-order chi connectivity index (χ1) is 9.70. The first-order valence-corrected chi connectivity index (χ1v) is 7.72. The SMILES string of the molecule is COc1ccc(CN(C)C2CCCCCCC2O)cc1. The monoisotopic (exact) mass is 277 g/mol. The highest BCUT2D eigenvalue weighted by molar-refractivity contribution is 5.27. The molecule has 1 aliphatic rings. The fraction of sp³-hybridized carbons (Fsp3) is 0.647. The fourth-order valence-corrected chi connectivity index (χ4v) is 3.10. The van der Waals surface area contributed by atoms with Crippen LogP contribution >= 0.6 is 0 Å². The molecule has 112 valence electrons. The first-order valence-electron chi connectivity index (χ1n) is 7.72. The Kier molecular flexibility index (Phi) is 5.86. The lowest BCUT2D eigenvalue weighted by atomic mass is 9.93. The van der Waals surface area contributed by atoms with E-state index in [9.17, 15) is 5.11 Å². The minimum atomic E-state index is -0.182. The summed E-state index contributed by atoms with van der Waals surface area (Å²) in [6.07, 6.45) is 6.83. The van der Waals surface area contributed by atoms with Gasteiger partial charge in [-0.3, -0.25) is 4.90 Å². The molecule has 2 unspecified atom stereocenters. The van der Waals surface area contributed by atoms with Crippen LogP contribution in [-0.4, -0.2) is 36.3 Å². The van der Waals surface area contributed by atoms with Crippen molar-refractivity contribution >= 4 is 0 Å². The number of aliphatic hydroxyl groups excluding tert-OH is 1. The van der Waals surface area contributed by atoms with Crippen molar-refractivity contribution in [1.82, 2.24) is 4.90 Å². The Hall–Kier alpha value is -1.06. The van der Waals surface area contributed by atoms with E-state index in [-0.39, 0.29) is 12.1 Å². The topological polar surface area (TPSA) is 32.7 Å². The Labute approximate surface area is 122 Å². The second kappa shape index (κ2) is 7.65. The average Bonchev–Trinajstić information content (AvgIpc) is 2.44. The van der Waals surface area contributed by atoms with E-state index in [2.05, 4.69) is 24.1 Å². The third-order valence-electron chi connectivity index (χ3n) is 4.35. The molecule has 0 aliphatic heterocycles. The van der Waals surface area contributed by atoms with E-state index in [1.54, 1.807) is 7.11 Å². The zero-order chi connectivity index (χ0) is 14.4. The molecule has 1 fully saturated rings. The Morgan fingerprint density at radius 2 is 1.75 bits per heavy atom. The van der Waals surface area contributed by atoms with Crippen molar-refractivity contribution in [2.75, 3.05) is 14.2 Å². The molecule has 1 aliphatic carbocycles. The van der Waals surface area contributed by atoms with Crippen molar-refractivity contribution in [3.8, 4) is 5.75 Å². The summed E-state index contributed by atoms with van der Waals surface area (Å²) in [5.74, 6) is 0.891. The molecular formula is C17H27NO2. The molecule has 1 saturated carbocycles. The van der Waals surface area contributed by atoms with Gasteiger partial charge in [0.05, 0.1) is 13.2 Å². The number of hydrogen-bond acceptors (Lipinski definition) is 3. The second-order valence-electron chi connectivity index (χ2n) is 5.89. The van der Waals surface area contributed by atoms with Crippen LogP contribution in [0.2, 0.25) is 0 Å². The number of ether oxygens (including phenoxy) is 1. The molecule has 1 aromatic rings. The number of benzene rings is 1. The van der Waals surface area contributed by atoms with Crippen LogP contribution in [0.25, 0.3) is 0 Å². The zero-order valence-corrected chi connectivity index (χ0v) is 12.7. The molecule has 1 N–H and O–H groups in total. The molecule has 3 nitrogen and oxygen atoms in total. The van der Waals surface area contributed by atoms with Gasteiger partial charge >= 0.3 is 0 Å². The summed E-state index contributed by atoms with van der Waals surface area (Å²) >= 11 is 0. The quantitative estimate of drug-likeness (QED) is 0.917. The van der Waals surface area contributed by atoms with Crippen molar-refractivity contribution in [2.24, 2.45) is 0 Å². The van der Waals surface area contributed by atoms with Gasteiger partial charge < -0.3 is 9.84 Å². The first kappa shape index (κ1) is 15.3. The predicted molar refractivity (Wildman–Crippen MR) is 82.0 cm³/mol. The van der Waals surface area contributed by atoms with Crippen LogP contribution in [0.15, 0.2) is 24.3 Å². The van der Waals surface area contributed by atoms with E-state index in [4.69, 9.17) is 4.74 Å². The highest BCUT2D eigenvalue weighted by Gasteiger charge is 2.24. The molecule has 0 saturated heterocycles. The number of rotatable bonds is 4. The highest BCUT2D eigenvalue weighted by Crippen LogP contribution is 2.23. The zero-order valence-electron chi connectivity index (χ0n) is 12.7. The number of nitrogens with zero attached hydrogens (tertiary/aromatic N) is 1. The summed E-state index contributed by atoms with van der Waals surface area (Å²) in [6, 6.07) is 8.49. The average molecular weight is 277 g/mol. The van der Waals surface area contributed by atoms with E-state index in [0.717, 1.165) is 31.6 Å². The van der Waals surface area contributed by atoms with Crippen LogP contribution in [0, 0.1) is 0 Å². The third-order valence-corrected chi connectivity index (χ3v) is 4.35. The van der Waals surface area contributed by atoms with Crippen LogP contribution in [0.4, 0.5) is 0 Å². The van der Waals surface area contributed by atoms with Crippen molar-refractivity contribution in [3.63, 3.8) is 0 Å². The van der Waals surface area contributed by atoms with Gasteiger partial charge in [-0.15, -0.1) is 0 Å². The van der Waals surface area contributed by atoms with Gasteiger partial charge in [-0.2, -0.15) is 0 Å². The van der Waals surface area contributed by atoms with Gasteiger partial charge in [0, 0.05) is 12.6 Å². The summed E-state index contributed by atoms with van der Waals surface area (Å²) in [5, 5.41) is 10.3. The molecule has 2 atom stereocenters. The van der Waals surface area contributed by atoms with Crippen molar-refractivity contribution in [2.45, 2.75) is 57.2 Å². The van der Waals surface area contributed by atoms with Crippen molar-refractivity contribution < 1.29 is 9.84 Å². The predicted octanol–water partition coefficient (Wildman–Crippen LogP) is 3.21. The lowest BCUT2D eigenvalue weighted by Gasteiger charge is -2.33. The minimum Gasteiger partial charge on any atom is -0.497 e. The standard InChI is InChI=1S/C17H27NO2/c1-18(13-14-9-11-15(20-2)12-10-14)16-7-5-3-4-6-8-17(16)19/h9-12,16-17,19H,3-8,13H2,1-2H3. The Morgan fingerprint density at radius 1 is 1.10 bits per heavy atom. The van der Waals surface area contributed by atoms with Crippen LogP contribution in [0.5, 0.6) is 5.75 Å². The molecule has 0 bridgehead atoms.